The maximum atomic E-state index is 9.39. The summed E-state index contributed by atoms with van der Waals surface area (Å²) in [7, 11) is 0. The first-order chi connectivity index (χ1) is 18.9. The van der Waals surface area contributed by atoms with Gasteiger partial charge in [0.25, 0.3) is 0 Å². The molecule has 4 nitrogen and oxygen atoms in total. The van der Waals surface area contributed by atoms with Crippen LogP contribution in [0, 0.1) is 0 Å². The van der Waals surface area contributed by atoms with E-state index in [1.54, 1.807) is 0 Å². The van der Waals surface area contributed by atoms with Crippen LogP contribution < -0.4 is 9.47 Å². The fourth-order valence-electron chi connectivity index (χ4n) is 5.13. The molecule has 4 aromatic carbocycles. The molecule has 0 aliphatic heterocycles. The standard InChI is InChI=1S/C35H40O4/c1-25(27-11-7-5-8-12-27)31-23-29(15-17-33(31)38-21-19-36)35(3,4)30-16-18-34(39-22-20-37)32(24-30)26(2)28-13-9-6-10-14-28/h5-18,23-26,36-37H,19-22H2,1-4H3. The lowest BCUT2D eigenvalue weighted by Crippen LogP contribution is -2.20. The summed E-state index contributed by atoms with van der Waals surface area (Å²) < 4.78 is 11.9. The number of aliphatic hydroxyl groups is 2. The smallest absolute Gasteiger partial charge is 0.123 e. The van der Waals surface area contributed by atoms with Crippen LogP contribution in [0.1, 0.15) is 72.9 Å². The molecule has 0 saturated carbocycles. The fraction of sp³-hybridized carbons (Fsp3) is 0.314. The van der Waals surface area contributed by atoms with Gasteiger partial charge in [0, 0.05) is 28.4 Å². The molecule has 0 amide bonds. The Kier molecular flexibility index (Phi) is 9.45. The Balaban J connectivity index is 1.77. The summed E-state index contributed by atoms with van der Waals surface area (Å²) in [6, 6.07) is 33.7. The van der Waals surface area contributed by atoms with Gasteiger partial charge in [-0.15, -0.1) is 0 Å². The molecular weight excluding hydrogens is 484 g/mol. The molecule has 2 atom stereocenters. The second-order valence-corrected chi connectivity index (χ2v) is 10.5. The largest absolute Gasteiger partial charge is 0.491 e. The molecule has 0 aromatic heterocycles. The Morgan fingerprint density at radius 1 is 0.590 bits per heavy atom. The predicted molar refractivity (Wildman–Crippen MR) is 158 cm³/mol. The molecular formula is C35H40O4. The SMILES string of the molecule is CC(c1ccccc1)c1cc(C(C)(C)c2ccc(OCCO)c(C(C)c3ccccc3)c2)ccc1OCCO. The maximum Gasteiger partial charge on any atom is 0.123 e. The van der Waals surface area contributed by atoms with E-state index in [1.165, 1.54) is 22.3 Å². The first kappa shape index (κ1) is 28.4. The van der Waals surface area contributed by atoms with Gasteiger partial charge in [-0.2, -0.15) is 0 Å². The Bertz CT molecular complexity index is 1230. The third-order valence-corrected chi connectivity index (χ3v) is 7.69. The summed E-state index contributed by atoms with van der Waals surface area (Å²) in [5.41, 5.74) is 6.68. The molecule has 0 saturated heterocycles. The highest BCUT2D eigenvalue weighted by atomic mass is 16.5. The zero-order valence-corrected chi connectivity index (χ0v) is 23.4. The van der Waals surface area contributed by atoms with E-state index in [4.69, 9.17) is 9.47 Å². The van der Waals surface area contributed by atoms with Crippen molar-refractivity contribution in [3.63, 3.8) is 0 Å². The lowest BCUT2D eigenvalue weighted by Gasteiger charge is -2.30. The van der Waals surface area contributed by atoms with Gasteiger partial charge in [0.15, 0.2) is 0 Å². The van der Waals surface area contributed by atoms with Crippen molar-refractivity contribution in [2.75, 3.05) is 26.4 Å². The highest BCUT2D eigenvalue weighted by Crippen LogP contribution is 2.41. The molecule has 2 unspecified atom stereocenters. The molecule has 0 spiro atoms. The normalized spacial score (nSPS) is 13.1. The number of rotatable bonds is 12. The first-order valence-corrected chi connectivity index (χ1v) is 13.7. The van der Waals surface area contributed by atoms with Gasteiger partial charge in [0.2, 0.25) is 0 Å². The van der Waals surface area contributed by atoms with Crippen LogP contribution in [0.4, 0.5) is 0 Å². The van der Waals surface area contributed by atoms with E-state index in [0.717, 1.165) is 22.6 Å². The minimum absolute atomic E-state index is 0.0283. The van der Waals surface area contributed by atoms with Gasteiger partial charge in [-0.3, -0.25) is 0 Å². The van der Waals surface area contributed by atoms with Gasteiger partial charge in [-0.25, -0.2) is 0 Å². The van der Waals surface area contributed by atoms with Crippen molar-refractivity contribution in [1.82, 2.24) is 0 Å². The predicted octanol–water partition coefficient (Wildman–Crippen LogP) is 7.06. The van der Waals surface area contributed by atoms with Crippen LogP contribution in [-0.4, -0.2) is 36.6 Å². The fourth-order valence-corrected chi connectivity index (χ4v) is 5.13. The van der Waals surface area contributed by atoms with Crippen LogP contribution in [0.15, 0.2) is 97.1 Å². The second kappa shape index (κ2) is 13.0. The summed E-state index contributed by atoms with van der Waals surface area (Å²) in [5, 5.41) is 18.8. The summed E-state index contributed by atoms with van der Waals surface area (Å²) in [6.45, 7) is 9.34. The molecule has 2 N–H and O–H groups in total. The lowest BCUT2D eigenvalue weighted by molar-refractivity contribution is 0.200. The van der Waals surface area contributed by atoms with Gasteiger partial charge in [0.1, 0.15) is 24.7 Å². The van der Waals surface area contributed by atoms with Crippen molar-refractivity contribution in [3.8, 4) is 11.5 Å². The molecule has 4 aromatic rings. The number of ether oxygens (including phenoxy) is 2. The third-order valence-electron chi connectivity index (χ3n) is 7.69. The van der Waals surface area contributed by atoms with Crippen molar-refractivity contribution >= 4 is 0 Å². The van der Waals surface area contributed by atoms with E-state index in [2.05, 4.69) is 100 Å². The topological polar surface area (TPSA) is 58.9 Å². The van der Waals surface area contributed by atoms with Crippen molar-refractivity contribution < 1.29 is 19.7 Å². The van der Waals surface area contributed by atoms with Gasteiger partial charge in [-0.1, -0.05) is 113 Å². The quantitative estimate of drug-likeness (QED) is 0.208. The van der Waals surface area contributed by atoms with Crippen LogP contribution in [0.2, 0.25) is 0 Å². The van der Waals surface area contributed by atoms with Crippen molar-refractivity contribution in [2.24, 2.45) is 0 Å². The summed E-state index contributed by atoms with van der Waals surface area (Å²) in [4.78, 5) is 0. The first-order valence-electron chi connectivity index (χ1n) is 13.7. The molecule has 0 radical (unpaired) electrons. The lowest BCUT2D eigenvalue weighted by atomic mass is 9.75. The molecule has 0 heterocycles. The van der Waals surface area contributed by atoms with Gasteiger partial charge in [0.05, 0.1) is 13.2 Å². The molecule has 0 bridgehead atoms. The van der Waals surface area contributed by atoms with Crippen molar-refractivity contribution in [3.05, 3.63) is 130 Å². The number of benzene rings is 4. The van der Waals surface area contributed by atoms with E-state index in [0.29, 0.717) is 0 Å². The molecule has 4 rings (SSSR count). The van der Waals surface area contributed by atoms with Crippen molar-refractivity contribution in [2.45, 2.75) is 44.9 Å². The Hall–Kier alpha value is -3.60. The number of hydrogen-bond acceptors (Lipinski definition) is 4. The highest BCUT2D eigenvalue weighted by molar-refractivity contribution is 5.51. The highest BCUT2D eigenvalue weighted by Gasteiger charge is 2.28. The minimum atomic E-state index is -0.304. The zero-order valence-electron chi connectivity index (χ0n) is 23.4. The Morgan fingerprint density at radius 3 is 1.33 bits per heavy atom. The number of aliphatic hydroxyl groups excluding tert-OH is 2. The van der Waals surface area contributed by atoms with E-state index >= 15 is 0 Å². The van der Waals surface area contributed by atoms with Crippen LogP contribution in [0.25, 0.3) is 0 Å². The second-order valence-electron chi connectivity index (χ2n) is 10.5. The molecule has 39 heavy (non-hydrogen) atoms. The Morgan fingerprint density at radius 2 is 0.974 bits per heavy atom. The zero-order chi connectivity index (χ0) is 27.8. The van der Waals surface area contributed by atoms with Crippen LogP contribution >= 0.6 is 0 Å². The van der Waals surface area contributed by atoms with Crippen LogP contribution in [-0.2, 0) is 5.41 Å². The van der Waals surface area contributed by atoms with E-state index in [1.807, 2.05) is 24.3 Å². The summed E-state index contributed by atoms with van der Waals surface area (Å²) >= 11 is 0. The minimum Gasteiger partial charge on any atom is -0.491 e. The van der Waals surface area contributed by atoms with E-state index in [-0.39, 0.29) is 43.7 Å². The van der Waals surface area contributed by atoms with E-state index in [9.17, 15) is 10.2 Å². The molecule has 4 heteroatoms. The molecule has 0 aliphatic carbocycles. The summed E-state index contributed by atoms with van der Waals surface area (Å²) in [5.74, 6) is 1.84. The average Bonchev–Trinajstić information content (AvgIpc) is 2.98. The van der Waals surface area contributed by atoms with Gasteiger partial charge >= 0.3 is 0 Å². The average molecular weight is 525 g/mol. The van der Waals surface area contributed by atoms with Crippen LogP contribution in [0.5, 0.6) is 11.5 Å². The number of hydrogen-bond donors (Lipinski definition) is 2. The molecule has 0 aliphatic rings. The van der Waals surface area contributed by atoms with Crippen LogP contribution in [0.3, 0.4) is 0 Å². The molecule has 0 fully saturated rings. The molecule has 204 valence electrons. The van der Waals surface area contributed by atoms with Gasteiger partial charge in [-0.05, 0) is 34.4 Å². The van der Waals surface area contributed by atoms with E-state index < -0.39 is 0 Å². The monoisotopic (exact) mass is 524 g/mol. The summed E-state index contributed by atoms with van der Waals surface area (Å²) in [6.07, 6.45) is 0. The third kappa shape index (κ3) is 6.52. The maximum absolute atomic E-state index is 9.39. The van der Waals surface area contributed by atoms with Gasteiger partial charge < -0.3 is 19.7 Å². The Labute approximate surface area is 232 Å². The van der Waals surface area contributed by atoms with Crippen molar-refractivity contribution in [1.29, 1.82) is 0 Å².